The minimum absolute atomic E-state index is 0.252. The molecule has 0 aliphatic carbocycles. The summed E-state index contributed by atoms with van der Waals surface area (Å²) in [5.74, 6) is 4.60. The lowest BCUT2D eigenvalue weighted by Crippen LogP contribution is -1.93. The van der Waals surface area contributed by atoms with Crippen molar-refractivity contribution in [1.82, 2.24) is 9.97 Å². The first-order chi connectivity index (χ1) is 12.1. The van der Waals surface area contributed by atoms with Crippen molar-refractivity contribution >= 4 is 23.0 Å². The average molecular weight is 337 g/mol. The van der Waals surface area contributed by atoms with E-state index in [2.05, 4.69) is 33.2 Å². The Bertz CT molecular complexity index is 935. The number of rotatable bonds is 2. The van der Waals surface area contributed by atoms with Crippen molar-refractivity contribution in [1.29, 1.82) is 0 Å². The van der Waals surface area contributed by atoms with Gasteiger partial charge in [-0.25, -0.2) is 9.37 Å². The van der Waals surface area contributed by atoms with Crippen molar-refractivity contribution in [3.8, 4) is 23.0 Å². The molecular formula is C20H20FN3O. The van der Waals surface area contributed by atoms with Gasteiger partial charge in [-0.05, 0) is 42.2 Å². The molecule has 3 aromatic rings. The van der Waals surface area contributed by atoms with Crippen molar-refractivity contribution in [2.45, 2.75) is 20.3 Å². The Balaban J connectivity index is 0.000000326. The molecule has 2 N–H and O–H groups in total. The number of anilines is 1. The van der Waals surface area contributed by atoms with Gasteiger partial charge in [0.2, 0.25) is 0 Å². The Morgan fingerprint density at radius 2 is 2.12 bits per heavy atom. The normalized spacial score (nSPS) is 9.60. The smallest absolute Gasteiger partial charge is 0.192 e. The number of halogens is 1. The molecule has 0 bridgehead atoms. The van der Waals surface area contributed by atoms with E-state index in [1.807, 2.05) is 20.0 Å². The first kappa shape index (κ1) is 18.2. The van der Waals surface area contributed by atoms with E-state index in [4.69, 9.17) is 0 Å². The molecule has 5 heteroatoms. The molecule has 0 amide bonds. The second-order valence-corrected chi connectivity index (χ2v) is 5.33. The molecule has 0 saturated heterocycles. The molecule has 0 aliphatic rings. The minimum atomic E-state index is -0.252. The van der Waals surface area contributed by atoms with Crippen molar-refractivity contribution < 1.29 is 9.18 Å². The summed E-state index contributed by atoms with van der Waals surface area (Å²) in [6.07, 6.45) is 5.10. The fourth-order valence-electron chi connectivity index (χ4n) is 2.33. The van der Waals surface area contributed by atoms with E-state index in [-0.39, 0.29) is 5.82 Å². The highest BCUT2D eigenvalue weighted by molar-refractivity contribution is 5.84. The molecule has 0 unspecified atom stereocenters. The van der Waals surface area contributed by atoms with Gasteiger partial charge in [-0.2, -0.15) is 0 Å². The number of aromatic amines is 1. The molecule has 2 heterocycles. The van der Waals surface area contributed by atoms with Crippen molar-refractivity contribution in [2.24, 2.45) is 0 Å². The number of carbonyl (C=O) groups is 1. The number of hydrogen-bond donors (Lipinski definition) is 2. The lowest BCUT2D eigenvalue weighted by molar-refractivity contribution is -0.103. The Labute approximate surface area is 146 Å². The predicted octanol–water partition coefficient (Wildman–Crippen LogP) is 4.32. The van der Waals surface area contributed by atoms with Gasteiger partial charge >= 0.3 is 0 Å². The number of aryl methyl sites for hydroxylation is 1. The summed E-state index contributed by atoms with van der Waals surface area (Å²) in [6, 6.07) is 7.09. The largest absolute Gasteiger partial charge is 0.386 e. The quantitative estimate of drug-likeness (QED) is 0.541. The summed E-state index contributed by atoms with van der Waals surface area (Å²) in [5.41, 5.74) is 4.44. The Morgan fingerprint density at radius 1 is 1.32 bits per heavy atom. The Hall–Kier alpha value is -3.13. The van der Waals surface area contributed by atoms with E-state index in [1.165, 1.54) is 6.07 Å². The lowest BCUT2D eigenvalue weighted by atomic mass is 10.0. The van der Waals surface area contributed by atoms with Crippen LogP contribution in [0.5, 0.6) is 0 Å². The van der Waals surface area contributed by atoms with Crippen LogP contribution in [-0.2, 0) is 4.79 Å². The highest BCUT2D eigenvalue weighted by Gasteiger charge is 2.07. The minimum Gasteiger partial charge on any atom is -0.386 e. The molecule has 2 aromatic heterocycles. The lowest BCUT2D eigenvalue weighted by Gasteiger charge is -2.06. The molecule has 4 nitrogen and oxygen atoms in total. The highest BCUT2D eigenvalue weighted by Crippen LogP contribution is 2.27. The van der Waals surface area contributed by atoms with Gasteiger partial charge in [-0.3, -0.25) is 4.79 Å². The van der Waals surface area contributed by atoms with Gasteiger partial charge in [0.1, 0.15) is 11.5 Å². The van der Waals surface area contributed by atoms with Crippen LogP contribution in [0.25, 0.3) is 22.2 Å². The number of fused-ring (bicyclic) bond motifs is 1. The molecule has 0 atom stereocenters. The second-order valence-electron chi connectivity index (χ2n) is 5.33. The number of H-pyrrole nitrogens is 1. The van der Waals surface area contributed by atoms with Crippen LogP contribution in [0.2, 0.25) is 0 Å². The second kappa shape index (κ2) is 8.65. The van der Waals surface area contributed by atoms with Crippen LogP contribution >= 0.6 is 0 Å². The van der Waals surface area contributed by atoms with E-state index in [0.717, 1.165) is 34.1 Å². The van der Waals surface area contributed by atoms with Crippen LogP contribution in [0, 0.1) is 24.6 Å². The topological polar surface area (TPSA) is 57.8 Å². The van der Waals surface area contributed by atoms with Gasteiger partial charge in [0, 0.05) is 36.8 Å². The molecule has 0 radical (unpaired) electrons. The summed E-state index contributed by atoms with van der Waals surface area (Å²) in [5, 5.41) is 3.94. The summed E-state index contributed by atoms with van der Waals surface area (Å²) in [4.78, 5) is 16.9. The number of carbonyl (C=O) groups excluding carboxylic acids is 1. The third-order valence-electron chi connectivity index (χ3n) is 3.64. The fraction of sp³-hybridized carbons (Fsp3) is 0.200. The van der Waals surface area contributed by atoms with Crippen molar-refractivity contribution in [3.05, 3.63) is 48.0 Å². The SMILES string of the molecule is CCC#CC=O.CNc1cc(-c2cnc3[nH]cc(C)c3c2)ccc1F. The zero-order valence-corrected chi connectivity index (χ0v) is 14.5. The predicted molar refractivity (Wildman–Crippen MR) is 99.9 cm³/mol. The van der Waals surface area contributed by atoms with Gasteiger partial charge in [-0.15, -0.1) is 0 Å². The van der Waals surface area contributed by atoms with Crippen LogP contribution in [0.1, 0.15) is 18.9 Å². The molecule has 0 fully saturated rings. The van der Waals surface area contributed by atoms with E-state index >= 15 is 0 Å². The van der Waals surface area contributed by atoms with Gasteiger partial charge in [0.25, 0.3) is 0 Å². The van der Waals surface area contributed by atoms with Gasteiger partial charge < -0.3 is 10.3 Å². The summed E-state index contributed by atoms with van der Waals surface area (Å²) in [6.45, 7) is 3.94. The van der Waals surface area contributed by atoms with E-state index < -0.39 is 0 Å². The first-order valence-corrected chi connectivity index (χ1v) is 7.94. The summed E-state index contributed by atoms with van der Waals surface area (Å²) >= 11 is 0. The number of hydrogen-bond acceptors (Lipinski definition) is 3. The molecule has 128 valence electrons. The monoisotopic (exact) mass is 337 g/mol. The van der Waals surface area contributed by atoms with Crippen LogP contribution in [0.4, 0.5) is 10.1 Å². The zero-order valence-electron chi connectivity index (χ0n) is 14.5. The Kier molecular flexibility index (Phi) is 6.30. The molecule has 1 aromatic carbocycles. The van der Waals surface area contributed by atoms with Crippen molar-refractivity contribution in [3.63, 3.8) is 0 Å². The fourth-order valence-corrected chi connectivity index (χ4v) is 2.33. The van der Waals surface area contributed by atoms with Crippen LogP contribution in [0.15, 0.2) is 36.7 Å². The molecular weight excluding hydrogens is 317 g/mol. The maximum Gasteiger partial charge on any atom is 0.192 e. The summed E-state index contributed by atoms with van der Waals surface area (Å²) < 4.78 is 13.5. The van der Waals surface area contributed by atoms with E-state index in [0.29, 0.717) is 12.0 Å². The van der Waals surface area contributed by atoms with E-state index in [9.17, 15) is 9.18 Å². The number of nitrogens with zero attached hydrogens (tertiary/aromatic N) is 1. The van der Waals surface area contributed by atoms with E-state index in [1.54, 1.807) is 25.4 Å². The zero-order chi connectivity index (χ0) is 18.2. The van der Waals surface area contributed by atoms with Crippen LogP contribution < -0.4 is 5.32 Å². The number of nitrogens with one attached hydrogen (secondary N) is 2. The standard InChI is InChI=1S/C15H14FN3.C5H6O/c1-9-7-18-15-12(9)5-11(8-19-15)10-3-4-13(16)14(6-10)17-2;1-2-3-4-5-6/h3-8,17H,1-2H3,(H,18,19);5H,2H2,1H3. The van der Waals surface area contributed by atoms with Gasteiger partial charge in [0.05, 0.1) is 5.69 Å². The number of aromatic nitrogens is 2. The first-order valence-electron chi connectivity index (χ1n) is 7.94. The van der Waals surface area contributed by atoms with Gasteiger partial charge in [0.15, 0.2) is 6.29 Å². The molecule has 0 spiro atoms. The average Bonchev–Trinajstić information content (AvgIpc) is 3.01. The van der Waals surface area contributed by atoms with Gasteiger partial charge in [-0.1, -0.05) is 18.9 Å². The molecule has 25 heavy (non-hydrogen) atoms. The Morgan fingerprint density at radius 3 is 2.76 bits per heavy atom. The highest BCUT2D eigenvalue weighted by atomic mass is 19.1. The van der Waals surface area contributed by atoms with Crippen LogP contribution in [-0.4, -0.2) is 23.3 Å². The third kappa shape index (κ3) is 4.45. The molecule has 0 aliphatic heterocycles. The number of pyridine rings is 1. The van der Waals surface area contributed by atoms with Crippen LogP contribution in [0.3, 0.4) is 0 Å². The number of benzene rings is 1. The maximum absolute atomic E-state index is 13.5. The molecule has 3 rings (SSSR count). The third-order valence-corrected chi connectivity index (χ3v) is 3.64. The molecule has 0 saturated carbocycles. The number of aldehydes is 1. The maximum atomic E-state index is 13.5. The summed E-state index contributed by atoms with van der Waals surface area (Å²) in [7, 11) is 1.71. The van der Waals surface area contributed by atoms with Crippen molar-refractivity contribution in [2.75, 3.05) is 12.4 Å².